The van der Waals surface area contributed by atoms with E-state index < -0.39 is 0 Å². The van der Waals surface area contributed by atoms with Gasteiger partial charge in [0.1, 0.15) is 5.78 Å². The number of carbonyl (C=O) groups is 1. The zero-order chi connectivity index (χ0) is 9.97. The van der Waals surface area contributed by atoms with Gasteiger partial charge in [-0.1, -0.05) is 0 Å². The van der Waals surface area contributed by atoms with Crippen molar-refractivity contribution < 1.29 is 4.79 Å². The molecule has 72 valence electrons. The first-order valence-corrected chi connectivity index (χ1v) is 4.27. The maximum Gasteiger partial charge on any atom is 0.141 e. The molecule has 0 saturated heterocycles. The Morgan fingerprint density at radius 2 is 1.71 bits per heavy atom. The molecule has 2 heterocycles. The molecule has 2 N–H and O–H groups in total. The molecule has 0 saturated carbocycles. The molecule has 0 fully saturated rings. The van der Waals surface area contributed by atoms with Gasteiger partial charge < -0.3 is 0 Å². The van der Waals surface area contributed by atoms with Gasteiger partial charge in [0.25, 0.3) is 0 Å². The second-order valence-electron chi connectivity index (χ2n) is 3.11. The van der Waals surface area contributed by atoms with Crippen LogP contribution in [0.3, 0.4) is 0 Å². The maximum absolute atomic E-state index is 11.5. The minimum Gasteiger partial charge on any atom is -0.299 e. The zero-order valence-corrected chi connectivity index (χ0v) is 7.69. The van der Waals surface area contributed by atoms with Crippen molar-refractivity contribution in [2.24, 2.45) is 0 Å². The summed E-state index contributed by atoms with van der Waals surface area (Å²) in [7, 11) is 0. The normalized spacial score (nSPS) is 10.7. The van der Waals surface area contributed by atoms with Crippen molar-refractivity contribution in [1.82, 2.24) is 20.4 Å². The molecule has 5 heteroatoms. The molecule has 0 aromatic carbocycles. The summed E-state index contributed by atoms with van der Waals surface area (Å²) in [5, 5.41) is 13.0. The van der Waals surface area contributed by atoms with E-state index in [4.69, 9.17) is 0 Å². The predicted molar refractivity (Wildman–Crippen MR) is 49.7 cm³/mol. The molecule has 0 atom stereocenters. The monoisotopic (exact) mass is 190 g/mol. The van der Waals surface area contributed by atoms with Crippen LogP contribution in [-0.4, -0.2) is 26.2 Å². The van der Waals surface area contributed by atoms with Gasteiger partial charge in [-0.3, -0.25) is 15.0 Å². The minimum absolute atomic E-state index is 0.0767. The highest BCUT2D eigenvalue weighted by Crippen LogP contribution is 2.23. The smallest absolute Gasteiger partial charge is 0.141 e. The number of aromatic nitrogens is 4. The third-order valence-corrected chi connectivity index (χ3v) is 2.11. The van der Waals surface area contributed by atoms with Crippen molar-refractivity contribution in [3.8, 4) is 0 Å². The summed E-state index contributed by atoms with van der Waals surface area (Å²) in [5.41, 5.74) is 1.72. The fraction of sp³-hybridized carbons (Fsp3) is 0.222. The van der Waals surface area contributed by atoms with Gasteiger partial charge in [-0.05, 0) is 6.92 Å². The summed E-state index contributed by atoms with van der Waals surface area (Å²) >= 11 is 0. The fourth-order valence-electron chi connectivity index (χ4n) is 1.50. The van der Waals surface area contributed by atoms with E-state index in [1.807, 2.05) is 0 Å². The van der Waals surface area contributed by atoms with Crippen LogP contribution in [0.25, 0.3) is 0 Å². The highest BCUT2D eigenvalue weighted by atomic mass is 16.1. The molecule has 0 aliphatic carbocycles. The van der Waals surface area contributed by atoms with Crippen LogP contribution in [0, 0.1) is 0 Å². The van der Waals surface area contributed by atoms with E-state index in [9.17, 15) is 4.79 Å². The summed E-state index contributed by atoms with van der Waals surface area (Å²) in [5.74, 6) is -0.194. The molecule has 0 aliphatic rings. The number of nitrogens with one attached hydrogen (secondary N) is 2. The first-order valence-electron chi connectivity index (χ1n) is 4.27. The van der Waals surface area contributed by atoms with Crippen LogP contribution in [0.4, 0.5) is 0 Å². The Kier molecular flexibility index (Phi) is 2.14. The molecule has 5 nitrogen and oxygen atoms in total. The molecule has 0 aliphatic heterocycles. The molecule has 0 amide bonds. The number of aromatic amines is 2. The lowest BCUT2D eigenvalue weighted by Gasteiger charge is -2.08. The van der Waals surface area contributed by atoms with Crippen molar-refractivity contribution in [3.05, 3.63) is 35.9 Å². The maximum atomic E-state index is 11.5. The van der Waals surface area contributed by atoms with E-state index in [0.29, 0.717) is 0 Å². The predicted octanol–water partition coefficient (Wildman–Crippen LogP) is 0.854. The van der Waals surface area contributed by atoms with Crippen molar-refractivity contribution in [2.45, 2.75) is 12.8 Å². The molecule has 0 radical (unpaired) electrons. The standard InChI is InChI=1S/C9H10N4O/c1-6(14)9(7-2-10-11-3-7)8-4-12-13-5-8/h2-5,9H,1H3,(H,10,11)(H,12,13). The lowest BCUT2D eigenvalue weighted by atomic mass is 9.93. The molecule has 2 rings (SSSR count). The highest BCUT2D eigenvalue weighted by molar-refractivity contribution is 5.86. The lowest BCUT2D eigenvalue weighted by molar-refractivity contribution is -0.117. The number of hydrogen-bond acceptors (Lipinski definition) is 3. The van der Waals surface area contributed by atoms with Crippen LogP contribution < -0.4 is 0 Å². The van der Waals surface area contributed by atoms with Gasteiger partial charge >= 0.3 is 0 Å². The minimum atomic E-state index is -0.271. The second-order valence-corrected chi connectivity index (χ2v) is 3.11. The zero-order valence-electron chi connectivity index (χ0n) is 7.69. The van der Waals surface area contributed by atoms with Crippen LogP contribution in [0.5, 0.6) is 0 Å². The quantitative estimate of drug-likeness (QED) is 0.753. The number of Topliss-reactive ketones (excluding diaryl/α,β-unsaturated/α-hetero) is 1. The fourth-order valence-corrected chi connectivity index (χ4v) is 1.50. The third-order valence-electron chi connectivity index (χ3n) is 2.11. The van der Waals surface area contributed by atoms with Crippen molar-refractivity contribution in [2.75, 3.05) is 0 Å². The second kappa shape index (κ2) is 3.45. The Bertz CT molecular complexity index is 370. The van der Waals surface area contributed by atoms with Gasteiger partial charge in [-0.15, -0.1) is 0 Å². The average Bonchev–Trinajstić information content (AvgIpc) is 2.75. The van der Waals surface area contributed by atoms with Gasteiger partial charge in [-0.2, -0.15) is 10.2 Å². The molecular formula is C9H10N4O. The van der Waals surface area contributed by atoms with Gasteiger partial charge in [0.2, 0.25) is 0 Å². The Morgan fingerprint density at radius 3 is 2.00 bits per heavy atom. The van der Waals surface area contributed by atoms with Crippen LogP contribution in [0.2, 0.25) is 0 Å². The van der Waals surface area contributed by atoms with Crippen LogP contribution in [-0.2, 0) is 4.79 Å². The summed E-state index contributed by atoms with van der Waals surface area (Å²) in [6, 6.07) is 0. The molecule has 2 aromatic rings. The number of ketones is 1. The van der Waals surface area contributed by atoms with Crippen LogP contribution in [0.1, 0.15) is 24.0 Å². The highest BCUT2D eigenvalue weighted by Gasteiger charge is 2.20. The van der Waals surface area contributed by atoms with Gasteiger partial charge in [0.15, 0.2) is 0 Å². The summed E-state index contributed by atoms with van der Waals surface area (Å²) in [6.07, 6.45) is 6.75. The SMILES string of the molecule is CC(=O)C(c1cn[nH]c1)c1cn[nH]c1. The molecular weight excluding hydrogens is 180 g/mol. The number of nitrogens with zero attached hydrogens (tertiary/aromatic N) is 2. The summed E-state index contributed by atoms with van der Waals surface area (Å²) in [4.78, 5) is 11.5. The van der Waals surface area contributed by atoms with Gasteiger partial charge in [-0.25, -0.2) is 0 Å². The molecule has 14 heavy (non-hydrogen) atoms. The van der Waals surface area contributed by atoms with Crippen molar-refractivity contribution in [3.63, 3.8) is 0 Å². The van der Waals surface area contributed by atoms with E-state index in [1.165, 1.54) is 0 Å². The van der Waals surface area contributed by atoms with E-state index in [0.717, 1.165) is 11.1 Å². The molecule has 0 bridgehead atoms. The Hall–Kier alpha value is -1.91. The molecule has 0 unspecified atom stereocenters. The van der Waals surface area contributed by atoms with Gasteiger partial charge in [0, 0.05) is 23.5 Å². The van der Waals surface area contributed by atoms with E-state index in [1.54, 1.807) is 31.7 Å². The first kappa shape index (κ1) is 8.68. The summed E-state index contributed by atoms with van der Waals surface area (Å²) in [6.45, 7) is 1.56. The topological polar surface area (TPSA) is 74.4 Å². The van der Waals surface area contributed by atoms with Crippen molar-refractivity contribution >= 4 is 5.78 Å². The molecule has 2 aromatic heterocycles. The van der Waals surface area contributed by atoms with Crippen LogP contribution >= 0.6 is 0 Å². The van der Waals surface area contributed by atoms with E-state index >= 15 is 0 Å². The number of carbonyl (C=O) groups excluding carboxylic acids is 1. The molecule has 0 spiro atoms. The van der Waals surface area contributed by atoms with E-state index in [2.05, 4.69) is 20.4 Å². The lowest BCUT2D eigenvalue weighted by Crippen LogP contribution is -2.08. The Labute approximate surface area is 80.5 Å². The van der Waals surface area contributed by atoms with E-state index in [-0.39, 0.29) is 11.7 Å². The number of H-pyrrole nitrogens is 2. The van der Waals surface area contributed by atoms with Crippen LogP contribution in [0.15, 0.2) is 24.8 Å². The third kappa shape index (κ3) is 1.44. The Balaban J connectivity index is 2.40. The van der Waals surface area contributed by atoms with Gasteiger partial charge in [0.05, 0.1) is 18.3 Å². The number of rotatable bonds is 3. The number of hydrogen-bond donors (Lipinski definition) is 2. The first-order chi connectivity index (χ1) is 6.79. The Morgan fingerprint density at radius 1 is 1.21 bits per heavy atom. The largest absolute Gasteiger partial charge is 0.299 e. The summed E-state index contributed by atoms with van der Waals surface area (Å²) < 4.78 is 0. The average molecular weight is 190 g/mol. The van der Waals surface area contributed by atoms with Crippen molar-refractivity contribution in [1.29, 1.82) is 0 Å².